The van der Waals surface area contributed by atoms with Crippen LogP contribution in [0, 0.1) is 5.41 Å². The van der Waals surface area contributed by atoms with E-state index in [2.05, 4.69) is 52.9 Å². The van der Waals surface area contributed by atoms with Crippen molar-refractivity contribution in [1.29, 1.82) is 0 Å². The van der Waals surface area contributed by atoms with E-state index in [1.165, 1.54) is 15.7 Å². The molecule has 2 aliphatic heterocycles. The number of benzene rings is 1. The van der Waals surface area contributed by atoms with Crippen LogP contribution in [0.2, 0.25) is 0 Å². The average molecular weight is 296 g/mol. The molecule has 1 fully saturated rings. The number of ether oxygens (including phenoxy) is 1. The van der Waals surface area contributed by atoms with Gasteiger partial charge in [0.05, 0.1) is 19.3 Å². The van der Waals surface area contributed by atoms with Crippen LogP contribution < -0.4 is 4.90 Å². The molecule has 3 heteroatoms. The maximum Gasteiger partial charge on any atom is 0.0676 e. The standard InChI is InChI=1S/C14H18BrNO/c1-14(2)8-10-3-4-11(15)7-12(10)16-5-6-17-9-13(14)16/h3-4,7,13H,5-6,8-9H2,1-2H3. The van der Waals surface area contributed by atoms with Crippen LogP contribution in [-0.4, -0.2) is 25.8 Å². The molecule has 1 saturated heterocycles. The van der Waals surface area contributed by atoms with Gasteiger partial charge >= 0.3 is 0 Å². The first-order chi connectivity index (χ1) is 8.08. The Bertz CT molecular complexity index is 444. The second-order valence-corrected chi connectivity index (χ2v) is 6.64. The van der Waals surface area contributed by atoms with Crippen LogP contribution >= 0.6 is 15.9 Å². The van der Waals surface area contributed by atoms with Crippen molar-refractivity contribution in [3.8, 4) is 0 Å². The fraction of sp³-hybridized carbons (Fsp3) is 0.571. The van der Waals surface area contributed by atoms with Crippen molar-refractivity contribution in [2.24, 2.45) is 5.41 Å². The van der Waals surface area contributed by atoms with E-state index in [0.717, 1.165) is 26.2 Å². The summed E-state index contributed by atoms with van der Waals surface area (Å²) in [6, 6.07) is 7.17. The van der Waals surface area contributed by atoms with Crippen LogP contribution in [0.5, 0.6) is 0 Å². The zero-order valence-corrected chi connectivity index (χ0v) is 12.0. The average Bonchev–Trinajstić information content (AvgIpc) is 2.30. The van der Waals surface area contributed by atoms with Gasteiger partial charge in [-0.2, -0.15) is 0 Å². The number of nitrogens with zero attached hydrogens (tertiary/aromatic N) is 1. The number of fused-ring (bicyclic) bond motifs is 3. The van der Waals surface area contributed by atoms with Crippen molar-refractivity contribution in [3.63, 3.8) is 0 Å². The summed E-state index contributed by atoms with van der Waals surface area (Å²) in [4.78, 5) is 2.53. The Morgan fingerprint density at radius 1 is 1.41 bits per heavy atom. The summed E-state index contributed by atoms with van der Waals surface area (Å²) in [5.74, 6) is 0. The third-order valence-electron chi connectivity index (χ3n) is 4.03. The smallest absolute Gasteiger partial charge is 0.0676 e. The first kappa shape index (κ1) is 11.5. The topological polar surface area (TPSA) is 12.5 Å². The maximum absolute atomic E-state index is 5.67. The molecule has 0 radical (unpaired) electrons. The van der Waals surface area contributed by atoms with Crippen LogP contribution in [0.25, 0.3) is 0 Å². The highest BCUT2D eigenvalue weighted by Gasteiger charge is 2.41. The summed E-state index contributed by atoms with van der Waals surface area (Å²) in [6.07, 6.45) is 1.14. The zero-order chi connectivity index (χ0) is 12.0. The number of anilines is 1. The van der Waals surface area contributed by atoms with Gasteiger partial charge in [-0.15, -0.1) is 0 Å². The molecule has 2 aliphatic rings. The van der Waals surface area contributed by atoms with Crippen molar-refractivity contribution in [2.45, 2.75) is 26.3 Å². The highest BCUT2D eigenvalue weighted by Crippen LogP contribution is 2.42. The second-order valence-electron chi connectivity index (χ2n) is 5.72. The van der Waals surface area contributed by atoms with Gasteiger partial charge in [-0.3, -0.25) is 0 Å². The molecule has 3 rings (SSSR count). The highest BCUT2D eigenvalue weighted by molar-refractivity contribution is 9.10. The lowest BCUT2D eigenvalue weighted by molar-refractivity contribution is 0.0490. The molecule has 2 heterocycles. The fourth-order valence-corrected chi connectivity index (χ4v) is 3.45. The van der Waals surface area contributed by atoms with Crippen LogP contribution in [-0.2, 0) is 11.2 Å². The van der Waals surface area contributed by atoms with Gasteiger partial charge in [-0.1, -0.05) is 35.8 Å². The molecule has 0 amide bonds. The molecule has 0 N–H and O–H groups in total. The Hall–Kier alpha value is -0.540. The first-order valence-electron chi connectivity index (χ1n) is 6.21. The highest BCUT2D eigenvalue weighted by atomic mass is 79.9. The molecule has 1 unspecified atom stereocenters. The van der Waals surface area contributed by atoms with Gasteiger partial charge in [-0.05, 0) is 29.5 Å². The molecule has 17 heavy (non-hydrogen) atoms. The van der Waals surface area contributed by atoms with E-state index < -0.39 is 0 Å². The number of hydrogen-bond donors (Lipinski definition) is 0. The summed E-state index contributed by atoms with van der Waals surface area (Å²) >= 11 is 3.58. The molecule has 92 valence electrons. The Balaban J connectivity index is 2.08. The summed E-state index contributed by atoms with van der Waals surface area (Å²) < 4.78 is 6.83. The van der Waals surface area contributed by atoms with Gasteiger partial charge in [0.2, 0.25) is 0 Å². The molecule has 0 aromatic heterocycles. The lowest BCUT2D eigenvalue weighted by atomic mass is 9.74. The van der Waals surface area contributed by atoms with E-state index >= 15 is 0 Å². The number of hydrogen-bond acceptors (Lipinski definition) is 2. The minimum Gasteiger partial charge on any atom is -0.377 e. The summed E-state index contributed by atoms with van der Waals surface area (Å²) in [6.45, 7) is 7.42. The predicted molar refractivity (Wildman–Crippen MR) is 73.6 cm³/mol. The minimum absolute atomic E-state index is 0.293. The molecular weight excluding hydrogens is 278 g/mol. The van der Waals surface area contributed by atoms with Crippen molar-refractivity contribution in [1.82, 2.24) is 0 Å². The van der Waals surface area contributed by atoms with Crippen molar-refractivity contribution in [3.05, 3.63) is 28.2 Å². The molecule has 0 spiro atoms. The third-order valence-corrected chi connectivity index (χ3v) is 4.53. The molecule has 0 bridgehead atoms. The minimum atomic E-state index is 0.293. The quantitative estimate of drug-likeness (QED) is 0.729. The fourth-order valence-electron chi connectivity index (χ4n) is 3.10. The maximum atomic E-state index is 5.67. The van der Waals surface area contributed by atoms with Crippen LogP contribution in [0.1, 0.15) is 19.4 Å². The second kappa shape index (κ2) is 3.99. The van der Waals surface area contributed by atoms with Gasteiger partial charge in [0.15, 0.2) is 0 Å². The van der Waals surface area contributed by atoms with Crippen molar-refractivity contribution in [2.75, 3.05) is 24.7 Å². The van der Waals surface area contributed by atoms with Gasteiger partial charge in [0.1, 0.15) is 0 Å². The number of rotatable bonds is 0. The van der Waals surface area contributed by atoms with Gasteiger partial charge < -0.3 is 9.64 Å². The molecule has 0 aliphatic carbocycles. The predicted octanol–water partition coefficient (Wildman–Crippen LogP) is 3.24. The summed E-state index contributed by atoms with van der Waals surface area (Å²) in [5.41, 5.74) is 3.16. The van der Waals surface area contributed by atoms with E-state index in [9.17, 15) is 0 Å². The van der Waals surface area contributed by atoms with E-state index in [1.807, 2.05) is 0 Å². The SMILES string of the molecule is CC1(C)Cc2ccc(Br)cc2N2CCOCC21. The first-order valence-corrected chi connectivity index (χ1v) is 7.00. The van der Waals surface area contributed by atoms with E-state index in [1.54, 1.807) is 0 Å². The van der Waals surface area contributed by atoms with E-state index in [4.69, 9.17) is 4.74 Å². The molecule has 1 aromatic carbocycles. The number of morpholine rings is 1. The Kier molecular flexibility index (Phi) is 2.71. The summed E-state index contributed by atoms with van der Waals surface area (Å²) in [7, 11) is 0. The molecule has 1 aromatic rings. The van der Waals surface area contributed by atoms with Crippen LogP contribution in [0.3, 0.4) is 0 Å². The Morgan fingerprint density at radius 2 is 2.24 bits per heavy atom. The lowest BCUT2D eigenvalue weighted by Crippen LogP contribution is -2.56. The summed E-state index contributed by atoms with van der Waals surface area (Å²) in [5, 5.41) is 0. The molecule has 1 atom stereocenters. The Labute approximate surface area is 111 Å². The molecule has 2 nitrogen and oxygen atoms in total. The normalized spacial score (nSPS) is 26.3. The zero-order valence-electron chi connectivity index (χ0n) is 10.4. The number of halogens is 1. The Morgan fingerprint density at radius 3 is 3.06 bits per heavy atom. The van der Waals surface area contributed by atoms with Crippen LogP contribution in [0.15, 0.2) is 22.7 Å². The van der Waals surface area contributed by atoms with Gasteiger partial charge in [0, 0.05) is 16.7 Å². The van der Waals surface area contributed by atoms with Crippen molar-refractivity contribution >= 4 is 21.6 Å². The van der Waals surface area contributed by atoms with Gasteiger partial charge in [-0.25, -0.2) is 0 Å². The third kappa shape index (κ3) is 1.89. The van der Waals surface area contributed by atoms with E-state index in [-0.39, 0.29) is 0 Å². The van der Waals surface area contributed by atoms with Gasteiger partial charge in [0.25, 0.3) is 0 Å². The van der Waals surface area contributed by atoms with Crippen LogP contribution in [0.4, 0.5) is 5.69 Å². The monoisotopic (exact) mass is 295 g/mol. The van der Waals surface area contributed by atoms with Crippen molar-refractivity contribution < 1.29 is 4.74 Å². The largest absolute Gasteiger partial charge is 0.377 e. The molecule has 0 saturated carbocycles. The lowest BCUT2D eigenvalue weighted by Gasteiger charge is -2.50. The van der Waals surface area contributed by atoms with E-state index in [0.29, 0.717) is 11.5 Å². The molecular formula is C14H18BrNO.